The van der Waals surface area contributed by atoms with Gasteiger partial charge in [0.1, 0.15) is 5.69 Å². The molecule has 0 aliphatic carbocycles. The van der Waals surface area contributed by atoms with E-state index in [0.29, 0.717) is 23.6 Å². The average molecular weight is 448 g/mol. The normalized spacial score (nSPS) is 11.3. The van der Waals surface area contributed by atoms with Gasteiger partial charge in [0.2, 0.25) is 15.9 Å². The van der Waals surface area contributed by atoms with Crippen molar-refractivity contribution in [3.8, 4) is 5.69 Å². The highest BCUT2D eigenvalue weighted by Crippen LogP contribution is 2.27. The van der Waals surface area contributed by atoms with Crippen molar-refractivity contribution < 1.29 is 13.2 Å². The van der Waals surface area contributed by atoms with E-state index in [1.807, 2.05) is 13.0 Å². The molecule has 0 atom stereocenters. The monoisotopic (exact) mass is 447 g/mol. The summed E-state index contributed by atoms with van der Waals surface area (Å²) in [6, 6.07) is 12.3. The van der Waals surface area contributed by atoms with Gasteiger partial charge >= 0.3 is 0 Å². The number of hydrogen-bond acceptors (Lipinski definition) is 5. The van der Waals surface area contributed by atoms with Crippen LogP contribution < -0.4 is 9.21 Å². The lowest BCUT2D eigenvalue weighted by Gasteiger charge is -2.24. The number of benzene rings is 1. The third-order valence-electron chi connectivity index (χ3n) is 4.44. The second-order valence-corrected chi connectivity index (χ2v) is 8.78. The third-order valence-corrected chi connectivity index (χ3v) is 5.91. The van der Waals surface area contributed by atoms with Gasteiger partial charge < -0.3 is 4.90 Å². The van der Waals surface area contributed by atoms with Gasteiger partial charge in [-0.1, -0.05) is 29.8 Å². The summed E-state index contributed by atoms with van der Waals surface area (Å²) in [5.74, 6) is -0.255. The molecule has 3 rings (SSSR count). The highest BCUT2D eigenvalue weighted by Gasteiger charge is 2.23. The fourth-order valence-electron chi connectivity index (χ4n) is 3.04. The molecular formula is C20H22ClN5O3S. The van der Waals surface area contributed by atoms with Gasteiger partial charge in [0.05, 0.1) is 30.0 Å². The van der Waals surface area contributed by atoms with Gasteiger partial charge in [-0.2, -0.15) is 5.10 Å². The molecule has 0 N–H and O–H groups in total. The van der Waals surface area contributed by atoms with Crippen LogP contribution in [0.5, 0.6) is 0 Å². The van der Waals surface area contributed by atoms with Gasteiger partial charge in [0.25, 0.3) is 0 Å². The van der Waals surface area contributed by atoms with Crippen LogP contribution in [0.3, 0.4) is 0 Å². The van der Waals surface area contributed by atoms with Crippen LogP contribution in [0.1, 0.15) is 13.3 Å². The van der Waals surface area contributed by atoms with E-state index in [2.05, 4.69) is 10.1 Å². The van der Waals surface area contributed by atoms with Crippen molar-refractivity contribution in [2.45, 2.75) is 13.3 Å². The van der Waals surface area contributed by atoms with Crippen molar-refractivity contribution in [3.63, 3.8) is 0 Å². The quantitative estimate of drug-likeness (QED) is 0.529. The molecule has 0 spiro atoms. The van der Waals surface area contributed by atoms with E-state index in [0.717, 1.165) is 6.26 Å². The van der Waals surface area contributed by atoms with Crippen molar-refractivity contribution >= 4 is 38.9 Å². The van der Waals surface area contributed by atoms with Crippen LogP contribution in [0.2, 0.25) is 5.15 Å². The molecule has 2 aromatic heterocycles. The van der Waals surface area contributed by atoms with Crippen molar-refractivity contribution in [1.29, 1.82) is 0 Å². The maximum absolute atomic E-state index is 12.9. The molecule has 0 unspecified atom stereocenters. The van der Waals surface area contributed by atoms with E-state index < -0.39 is 10.0 Å². The Labute approximate surface area is 180 Å². The molecule has 0 saturated heterocycles. The topological polar surface area (TPSA) is 88.4 Å². The molecular weight excluding hydrogens is 426 g/mol. The Kier molecular flexibility index (Phi) is 6.73. The summed E-state index contributed by atoms with van der Waals surface area (Å²) < 4.78 is 27.2. The van der Waals surface area contributed by atoms with E-state index in [4.69, 9.17) is 11.6 Å². The molecule has 158 valence electrons. The van der Waals surface area contributed by atoms with Gasteiger partial charge in [-0.25, -0.2) is 13.1 Å². The number of carbonyl (C=O) groups is 1. The highest BCUT2D eigenvalue weighted by atomic mass is 35.5. The molecule has 1 amide bonds. The summed E-state index contributed by atoms with van der Waals surface area (Å²) in [5.41, 5.74) is 1.68. The lowest BCUT2D eigenvalue weighted by Crippen LogP contribution is -2.36. The van der Waals surface area contributed by atoms with Crippen LogP contribution in [0.25, 0.3) is 5.69 Å². The minimum Gasteiger partial charge on any atom is -0.308 e. The Morgan fingerprint density at radius 2 is 1.90 bits per heavy atom. The molecule has 30 heavy (non-hydrogen) atoms. The van der Waals surface area contributed by atoms with E-state index in [1.165, 1.54) is 9.21 Å². The largest absolute Gasteiger partial charge is 0.308 e. The molecule has 3 aromatic rings. The Morgan fingerprint density at radius 1 is 1.17 bits per heavy atom. The second-order valence-electron chi connectivity index (χ2n) is 6.52. The van der Waals surface area contributed by atoms with Crippen LogP contribution in [0, 0.1) is 0 Å². The predicted octanol–water partition coefficient (Wildman–Crippen LogP) is 3.13. The summed E-state index contributed by atoms with van der Waals surface area (Å²) in [4.78, 5) is 18.5. The average Bonchev–Trinajstić information content (AvgIpc) is 3.11. The Morgan fingerprint density at radius 3 is 2.50 bits per heavy atom. The predicted molar refractivity (Wildman–Crippen MR) is 118 cm³/mol. The first-order valence-electron chi connectivity index (χ1n) is 9.30. The SMILES string of the molecule is CCN(C(=O)CCN(c1ccccc1)S(C)(=O)=O)c1cn(-c2cccnc2)nc1Cl. The minimum atomic E-state index is -3.54. The number of aromatic nitrogens is 3. The number of halogens is 1. The van der Waals surface area contributed by atoms with Crippen LogP contribution >= 0.6 is 11.6 Å². The molecule has 1 aromatic carbocycles. The number of rotatable bonds is 8. The molecule has 0 fully saturated rings. The first-order valence-corrected chi connectivity index (χ1v) is 11.5. The lowest BCUT2D eigenvalue weighted by atomic mass is 10.3. The zero-order valence-corrected chi connectivity index (χ0v) is 18.2. The molecule has 0 saturated carbocycles. The number of carbonyl (C=O) groups excluding carboxylic acids is 1. The molecule has 0 radical (unpaired) electrons. The fourth-order valence-corrected chi connectivity index (χ4v) is 4.20. The number of amides is 1. The smallest absolute Gasteiger partial charge is 0.232 e. The fraction of sp³-hybridized carbons (Fsp3) is 0.250. The van der Waals surface area contributed by atoms with Gasteiger partial charge in [-0.05, 0) is 31.2 Å². The van der Waals surface area contributed by atoms with Gasteiger partial charge in [0.15, 0.2) is 5.15 Å². The summed E-state index contributed by atoms with van der Waals surface area (Å²) in [6.07, 6.45) is 6.06. The van der Waals surface area contributed by atoms with Crippen molar-refractivity contribution in [2.75, 3.05) is 28.6 Å². The Bertz CT molecular complexity index is 1100. The summed E-state index contributed by atoms with van der Waals surface area (Å²) in [7, 11) is -3.54. The molecule has 0 aliphatic rings. The minimum absolute atomic E-state index is 0.00972. The first kappa shape index (κ1) is 21.8. The Balaban J connectivity index is 1.79. The van der Waals surface area contributed by atoms with Crippen molar-refractivity contribution in [1.82, 2.24) is 14.8 Å². The summed E-state index contributed by atoms with van der Waals surface area (Å²) in [6.45, 7) is 2.20. The van der Waals surface area contributed by atoms with E-state index in [1.54, 1.807) is 59.7 Å². The zero-order chi connectivity index (χ0) is 21.7. The molecule has 10 heteroatoms. The van der Waals surface area contributed by atoms with Crippen molar-refractivity contribution in [2.24, 2.45) is 0 Å². The van der Waals surface area contributed by atoms with E-state index in [9.17, 15) is 13.2 Å². The van der Waals surface area contributed by atoms with Crippen LogP contribution in [0.4, 0.5) is 11.4 Å². The third kappa shape index (κ3) is 4.98. The molecule has 0 aliphatic heterocycles. The van der Waals surface area contributed by atoms with Gasteiger partial charge in [-0.15, -0.1) is 0 Å². The molecule has 8 nitrogen and oxygen atoms in total. The molecule has 2 heterocycles. The summed E-state index contributed by atoms with van der Waals surface area (Å²) >= 11 is 6.29. The number of nitrogens with zero attached hydrogens (tertiary/aromatic N) is 5. The van der Waals surface area contributed by atoms with Crippen LogP contribution in [-0.2, 0) is 14.8 Å². The lowest BCUT2D eigenvalue weighted by molar-refractivity contribution is -0.118. The van der Waals surface area contributed by atoms with Crippen molar-refractivity contribution in [3.05, 3.63) is 66.2 Å². The number of hydrogen-bond donors (Lipinski definition) is 0. The van der Waals surface area contributed by atoms with Gasteiger partial charge in [0, 0.05) is 25.7 Å². The first-order chi connectivity index (χ1) is 14.3. The standard InChI is InChI=1S/C20H22ClN5O3S/c1-3-24(18-15-25(23-20(18)21)17-10-7-12-22-14-17)19(27)11-13-26(30(2,28)29)16-8-5-4-6-9-16/h4-10,12,14-15H,3,11,13H2,1-2H3. The Hall–Kier alpha value is -2.91. The van der Waals surface area contributed by atoms with Crippen LogP contribution in [-0.4, -0.2) is 48.4 Å². The zero-order valence-electron chi connectivity index (χ0n) is 16.6. The molecule has 0 bridgehead atoms. The number of pyridine rings is 1. The number of para-hydroxylation sites is 1. The van der Waals surface area contributed by atoms with Gasteiger partial charge in [-0.3, -0.25) is 14.1 Å². The summed E-state index contributed by atoms with van der Waals surface area (Å²) in [5, 5.41) is 4.43. The van der Waals surface area contributed by atoms with Crippen LogP contribution in [0.15, 0.2) is 61.1 Å². The van der Waals surface area contributed by atoms with E-state index >= 15 is 0 Å². The number of sulfonamides is 1. The maximum Gasteiger partial charge on any atom is 0.232 e. The maximum atomic E-state index is 12.9. The highest BCUT2D eigenvalue weighted by molar-refractivity contribution is 7.92. The van der Waals surface area contributed by atoms with E-state index in [-0.39, 0.29) is 24.0 Å². The number of anilines is 2. The second kappa shape index (κ2) is 9.27.